The second kappa shape index (κ2) is 9.08. The van der Waals surface area contributed by atoms with Crippen LogP contribution in [0, 0.1) is 10.1 Å². The summed E-state index contributed by atoms with van der Waals surface area (Å²) in [5, 5.41) is 13.9. The van der Waals surface area contributed by atoms with Gasteiger partial charge in [-0.1, -0.05) is 19.1 Å². The van der Waals surface area contributed by atoms with Crippen LogP contribution in [0.4, 0.5) is 5.69 Å². The molecule has 0 unspecified atom stereocenters. The summed E-state index contributed by atoms with van der Waals surface area (Å²) in [6, 6.07) is 12.0. The van der Waals surface area contributed by atoms with E-state index in [2.05, 4.69) is 5.32 Å². The maximum Gasteiger partial charge on any atom is 0.283 e. The first-order chi connectivity index (χ1) is 12.0. The third-order valence-corrected chi connectivity index (χ3v) is 4.27. The van der Waals surface area contributed by atoms with Crippen molar-refractivity contribution in [2.45, 2.75) is 24.8 Å². The van der Waals surface area contributed by atoms with Gasteiger partial charge in [-0.25, -0.2) is 0 Å². The second-order valence-electron chi connectivity index (χ2n) is 5.32. The number of nitro groups is 1. The molecule has 0 aliphatic rings. The standard InChI is InChI=1S/C18H20N2O4S/c1-3-10-24-15-7-4-13(5-8-15)12-19-18(21)14-6-9-17(25-2)16(11-14)20(22)23/h4-9,11H,3,10,12H2,1-2H3,(H,19,21). The molecule has 7 heteroatoms. The summed E-state index contributed by atoms with van der Waals surface area (Å²) in [6.45, 7) is 3.05. The van der Waals surface area contributed by atoms with Crippen LogP contribution in [0.15, 0.2) is 47.4 Å². The number of amides is 1. The molecular formula is C18H20N2O4S. The van der Waals surface area contributed by atoms with Crippen LogP contribution in [0.3, 0.4) is 0 Å². The largest absolute Gasteiger partial charge is 0.494 e. The minimum atomic E-state index is -0.475. The SMILES string of the molecule is CCCOc1ccc(CNC(=O)c2ccc(SC)c([N+](=O)[O-])c2)cc1. The van der Waals surface area contributed by atoms with E-state index in [4.69, 9.17) is 4.74 Å². The zero-order valence-electron chi connectivity index (χ0n) is 14.2. The monoisotopic (exact) mass is 360 g/mol. The summed E-state index contributed by atoms with van der Waals surface area (Å²) in [7, 11) is 0. The van der Waals surface area contributed by atoms with Crippen LogP contribution < -0.4 is 10.1 Å². The molecule has 0 saturated heterocycles. The molecule has 132 valence electrons. The summed E-state index contributed by atoms with van der Waals surface area (Å²) >= 11 is 1.28. The number of benzene rings is 2. The highest BCUT2D eigenvalue weighted by Crippen LogP contribution is 2.28. The van der Waals surface area contributed by atoms with Gasteiger partial charge < -0.3 is 10.1 Å². The van der Waals surface area contributed by atoms with Crippen molar-refractivity contribution in [1.82, 2.24) is 5.32 Å². The van der Waals surface area contributed by atoms with E-state index in [-0.39, 0.29) is 17.2 Å². The smallest absolute Gasteiger partial charge is 0.283 e. The van der Waals surface area contributed by atoms with Gasteiger partial charge in [0.05, 0.1) is 16.4 Å². The quantitative estimate of drug-likeness (QED) is 0.436. The number of carbonyl (C=O) groups is 1. The Bertz CT molecular complexity index is 747. The van der Waals surface area contributed by atoms with Crippen molar-refractivity contribution in [2.75, 3.05) is 12.9 Å². The number of carbonyl (C=O) groups excluding carboxylic acids is 1. The van der Waals surface area contributed by atoms with Gasteiger partial charge >= 0.3 is 0 Å². The molecule has 0 aliphatic carbocycles. The van der Waals surface area contributed by atoms with Gasteiger partial charge in [-0.15, -0.1) is 11.8 Å². The lowest BCUT2D eigenvalue weighted by molar-refractivity contribution is -0.387. The Balaban J connectivity index is 2.00. The molecule has 1 amide bonds. The third-order valence-electron chi connectivity index (χ3n) is 3.49. The number of hydrogen-bond acceptors (Lipinski definition) is 5. The van der Waals surface area contributed by atoms with Crippen molar-refractivity contribution in [3.8, 4) is 5.75 Å². The molecule has 0 saturated carbocycles. The molecule has 0 heterocycles. The molecule has 0 atom stereocenters. The Hall–Kier alpha value is -2.54. The average molecular weight is 360 g/mol. The first-order valence-corrected chi connectivity index (χ1v) is 9.10. The second-order valence-corrected chi connectivity index (χ2v) is 6.17. The van der Waals surface area contributed by atoms with Gasteiger partial charge in [0.2, 0.25) is 0 Å². The summed E-state index contributed by atoms with van der Waals surface area (Å²) in [6.07, 6.45) is 2.70. The fourth-order valence-electron chi connectivity index (χ4n) is 2.18. The number of nitrogens with one attached hydrogen (secondary N) is 1. The summed E-state index contributed by atoms with van der Waals surface area (Å²) in [4.78, 5) is 23.4. The molecule has 0 radical (unpaired) electrons. The van der Waals surface area contributed by atoms with Crippen molar-refractivity contribution in [1.29, 1.82) is 0 Å². The van der Waals surface area contributed by atoms with Crippen LogP contribution >= 0.6 is 11.8 Å². The predicted molar refractivity (Wildman–Crippen MR) is 98.3 cm³/mol. The van der Waals surface area contributed by atoms with E-state index in [0.717, 1.165) is 17.7 Å². The van der Waals surface area contributed by atoms with E-state index < -0.39 is 4.92 Å². The number of rotatable bonds is 8. The molecule has 0 bridgehead atoms. The Morgan fingerprint density at radius 1 is 1.24 bits per heavy atom. The normalized spacial score (nSPS) is 10.3. The van der Waals surface area contributed by atoms with Crippen LogP contribution in [0.25, 0.3) is 0 Å². The first-order valence-electron chi connectivity index (χ1n) is 7.87. The van der Waals surface area contributed by atoms with Gasteiger partial charge in [0.15, 0.2) is 0 Å². The zero-order valence-corrected chi connectivity index (χ0v) is 15.0. The molecule has 0 spiro atoms. The van der Waals surface area contributed by atoms with Crippen LogP contribution in [-0.4, -0.2) is 23.7 Å². The lowest BCUT2D eigenvalue weighted by Crippen LogP contribution is -2.22. The molecule has 2 rings (SSSR count). The number of ether oxygens (including phenoxy) is 1. The Morgan fingerprint density at radius 3 is 2.56 bits per heavy atom. The van der Waals surface area contributed by atoms with Gasteiger partial charge in [-0.3, -0.25) is 14.9 Å². The van der Waals surface area contributed by atoms with Crippen LogP contribution in [0.2, 0.25) is 0 Å². The molecule has 6 nitrogen and oxygen atoms in total. The maximum atomic E-state index is 12.2. The highest BCUT2D eigenvalue weighted by Gasteiger charge is 2.16. The van der Waals surface area contributed by atoms with E-state index >= 15 is 0 Å². The molecule has 2 aromatic rings. The Morgan fingerprint density at radius 2 is 1.96 bits per heavy atom. The number of hydrogen-bond donors (Lipinski definition) is 1. The minimum absolute atomic E-state index is 0.0578. The van der Waals surface area contributed by atoms with E-state index in [1.807, 2.05) is 31.2 Å². The van der Waals surface area contributed by atoms with Gasteiger partial charge in [-0.05, 0) is 42.5 Å². The maximum absolute atomic E-state index is 12.2. The molecule has 0 fully saturated rings. The predicted octanol–water partition coefficient (Wildman–Crippen LogP) is 4.04. The van der Waals surface area contributed by atoms with Gasteiger partial charge in [0.25, 0.3) is 11.6 Å². The van der Waals surface area contributed by atoms with Crippen molar-refractivity contribution >= 4 is 23.4 Å². The average Bonchev–Trinajstić information content (AvgIpc) is 2.64. The number of nitrogens with zero attached hydrogens (tertiary/aromatic N) is 1. The van der Waals surface area contributed by atoms with Crippen molar-refractivity contribution in [3.63, 3.8) is 0 Å². The van der Waals surface area contributed by atoms with Crippen molar-refractivity contribution in [2.24, 2.45) is 0 Å². The third kappa shape index (κ3) is 5.22. The summed E-state index contributed by atoms with van der Waals surface area (Å²) in [5.74, 6) is 0.447. The topological polar surface area (TPSA) is 81.5 Å². The van der Waals surface area contributed by atoms with Crippen LogP contribution in [0.5, 0.6) is 5.75 Å². The number of nitro benzene ring substituents is 1. The minimum Gasteiger partial charge on any atom is -0.494 e. The fraction of sp³-hybridized carbons (Fsp3) is 0.278. The summed E-state index contributed by atoms with van der Waals surface area (Å²) < 4.78 is 5.51. The van der Waals surface area contributed by atoms with E-state index in [0.29, 0.717) is 18.0 Å². The molecular weight excluding hydrogens is 340 g/mol. The molecule has 1 N–H and O–H groups in total. The zero-order chi connectivity index (χ0) is 18.2. The van der Waals surface area contributed by atoms with Crippen LogP contribution in [0.1, 0.15) is 29.3 Å². The Labute approximate surface area is 150 Å². The first kappa shape index (κ1) is 18.8. The lowest BCUT2D eigenvalue weighted by atomic mass is 10.1. The van der Waals surface area contributed by atoms with Gasteiger partial charge in [0.1, 0.15) is 5.75 Å². The van der Waals surface area contributed by atoms with E-state index in [9.17, 15) is 14.9 Å². The highest BCUT2D eigenvalue weighted by atomic mass is 32.2. The van der Waals surface area contributed by atoms with Gasteiger partial charge in [-0.2, -0.15) is 0 Å². The summed E-state index contributed by atoms with van der Waals surface area (Å²) in [5.41, 5.74) is 1.14. The highest BCUT2D eigenvalue weighted by molar-refractivity contribution is 7.98. The molecule has 25 heavy (non-hydrogen) atoms. The molecule has 2 aromatic carbocycles. The molecule has 0 aliphatic heterocycles. The van der Waals surface area contributed by atoms with Gasteiger partial charge in [0, 0.05) is 18.2 Å². The van der Waals surface area contributed by atoms with E-state index in [1.54, 1.807) is 18.4 Å². The molecule has 0 aromatic heterocycles. The van der Waals surface area contributed by atoms with Crippen molar-refractivity contribution < 1.29 is 14.5 Å². The number of thioether (sulfide) groups is 1. The van der Waals surface area contributed by atoms with E-state index in [1.165, 1.54) is 17.8 Å². The lowest BCUT2D eigenvalue weighted by Gasteiger charge is -2.08. The van der Waals surface area contributed by atoms with Crippen LogP contribution in [-0.2, 0) is 6.54 Å². The fourth-order valence-corrected chi connectivity index (χ4v) is 2.73. The Kier molecular flexibility index (Phi) is 6.82. The van der Waals surface area contributed by atoms with Crippen molar-refractivity contribution in [3.05, 3.63) is 63.7 Å².